The van der Waals surface area contributed by atoms with Crippen LogP contribution in [0.25, 0.3) is 0 Å². The van der Waals surface area contributed by atoms with Crippen molar-refractivity contribution in [3.05, 3.63) is 0 Å². The fraction of sp³-hybridized carbons (Fsp3) is 0.400. The number of ketones is 1. The Kier molecular flexibility index (Phi) is 3.82. The summed E-state index contributed by atoms with van der Waals surface area (Å²) in [7, 11) is 0. The Balaban J connectivity index is 3.63. The third-order valence-corrected chi connectivity index (χ3v) is 0.769. The summed E-state index contributed by atoms with van der Waals surface area (Å²) in [5, 5.41) is 8.00. The summed E-state index contributed by atoms with van der Waals surface area (Å²) in [6.07, 6.45) is 0. The molecule has 0 saturated heterocycles. The van der Waals surface area contributed by atoms with Crippen molar-refractivity contribution in [2.75, 3.05) is 13.2 Å². The molecule has 0 aromatic rings. The van der Waals surface area contributed by atoms with Crippen molar-refractivity contribution >= 4 is 17.7 Å². The molecule has 0 fully saturated rings. The highest BCUT2D eigenvalue weighted by Gasteiger charge is 2.12. The lowest BCUT2D eigenvalue weighted by Gasteiger charge is -1.97. The molecule has 0 atom stereocenters. The van der Waals surface area contributed by atoms with Crippen molar-refractivity contribution in [1.82, 2.24) is 0 Å². The minimum atomic E-state index is -1.63. The molecule has 0 aliphatic heterocycles. The van der Waals surface area contributed by atoms with E-state index in [1.807, 2.05) is 0 Å². The molecule has 11 heavy (non-hydrogen) atoms. The van der Waals surface area contributed by atoms with E-state index in [1.165, 1.54) is 0 Å². The number of rotatable bonds is 4. The maximum absolute atomic E-state index is 10.2. The number of aliphatic carboxylic acids is 1. The van der Waals surface area contributed by atoms with Crippen LogP contribution in [0.4, 0.5) is 0 Å². The number of carbonyl (C=O) groups is 3. The molecule has 0 aliphatic carbocycles. The molecule has 0 spiro atoms. The van der Waals surface area contributed by atoms with E-state index in [9.17, 15) is 14.4 Å². The fourth-order valence-corrected chi connectivity index (χ4v) is 0.267. The number of carboxylic acids is 1. The van der Waals surface area contributed by atoms with Gasteiger partial charge in [0.05, 0.1) is 6.54 Å². The van der Waals surface area contributed by atoms with E-state index >= 15 is 0 Å². The average molecular weight is 161 g/mol. The molecule has 0 rings (SSSR count). The molecule has 0 bridgehead atoms. The predicted octanol–water partition coefficient (Wildman–Crippen LogP) is -1.86. The second kappa shape index (κ2) is 4.40. The molecule has 3 N–H and O–H groups in total. The van der Waals surface area contributed by atoms with E-state index < -0.39 is 24.3 Å². The maximum Gasteiger partial charge on any atom is 0.375 e. The van der Waals surface area contributed by atoms with Gasteiger partial charge in [-0.05, 0) is 0 Å². The SMILES string of the molecule is NCC(=O)OCC(=O)C(=O)O. The summed E-state index contributed by atoms with van der Waals surface area (Å²) in [5.74, 6) is -3.61. The second-order valence-electron chi connectivity index (χ2n) is 1.59. The van der Waals surface area contributed by atoms with Crippen LogP contribution in [0.5, 0.6) is 0 Å². The van der Waals surface area contributed by atoms with Crippen LogP contribution in [0, 0.1) is 0 Å². The number of ether oxygens (including phenoxy) is 1. The molecule has 0 amide bonds. The van der Waals surface area contributed by atoms with E-state index in [2.05, 4.69) is 4.74 Å². The lowest BCUT2D eigenvalue weighted by molar-refractivity contribution is -0.155. The zero-order chi connectivity index (χ0) is 8.85. The van der Waals surface area contributed by atoms with Crippen LogP contribution >= 0.6 is 0 Å². The van der Waals surface area contributed by atoms with Gasteiger partial charge in [-0.2, -0.15) is 0 Å². The highest BCUT2D eigenvalue weighted by molar-refractivity contribution is 6.33. The van der Waals surface area contributed by atoms with Gasteiger partial charge in [-0.3, -0.25) is 9.59 Å². The number of hydrogen-bond acceptors (Lipinski definition) is 5. The van der Waals surface area contributed by atoms with Crippen LogP contribution < -0.4 is 5.73 Å². The van der Waals surface area contributed by atoms with Gasteiger partial charge in [-0.15, -0.1) is 0 Å². The van der Waals surface area contributed by atoms with Crippen LogP contribution in [0.15, 0.2) is 0 Å². The van der Waals surface area contributed by atoms with Crippen LogP contribution in [0.2, 0.25) is 0 Å². The summed E-state index contributed by atoms with van der Waals surface area (Å²) in [4.78, 5) is 30.3. The standard InChI is InChI=1S/C5H7NO5/c6-1-4(8)11-2-3(7)5(9)10/h1-2,6H2,(H,9,10). The van der Waals surface area contributed by atoms with Crippen LogP contribution in [0.1, 0.15) is 0 Å². The lowest BCUT2D eigenvalue weighted by Crippen LogP contribution is -2.24. The summed E-state index contributed by atoms with van der Waals surface area (Å²) in [5.41, 5.74) is 4.80. The first-order chi connectivity index (χ1) is 5.07. The molecule has 0 aliphatic rings. The quantitative estimate of drug-likeness (QED) is 0.370. The Morgan fingerprint density at radius 1 is 1.36 bits per heavy atom. The maximum atomic E-state index is 10.2. The molecule has 0 aromatic carbocycles. The predicted molar refractivity (Wildman–Crippen MR) is 32.7 cm³/mol. The number of Topliss-reactive ketones (excluding diaryl/α,β-unsaturated/α-hetero) is 1. The molecule has 62 valence electrons. The monoisotopic (exact) mass is 161 g/mol. The van der Waals surface area contributed by atoms with Crippen molar-refractivity contribution in [2.45, 2.75) is 0 Å². The van der Waals surface area contributed by atoms with Gasteiger partial charge in [-0.1, -0.05) is 0 Å². The van der Waals surface area contributed by atoms with Gasteiger partial charge < -0.3 is 15.6 Å². The topological polar surface area (TPSA) is 107 Å². The van der Waals surface area contributed by atoms with E-state index in [0.717, 1.165) is 0 Å². The molecular weight excluding hydrogens is 154 g/mol. The molecule has 0 saturated carbocycles. The third kappa shape index (κ3) is 4.04. The Morgan fingerprint density at radius 2 is 1.91 bits per heavy atom. The Hall–Kier alpha value is -1.43. The van der Waals surface area contributed by atoms with Gasteiger partial charge in [0, 0.05) is 0 Å². The Morgan fingerprint density at radius 3 is 2.27 bits per heavy atom. The van der Waals surface area contributed by atoms with E-state index in [1.54, 1.807) is 0 Å². The lowest BCUT2D eigenvalue weighted by atomic mass is 10.4. The van der Waals surface area contributed by atoms with Crippen LogP contribution in [-0.2, 0) is 19.1 Å². The van der Waals surface area contributed by atoms with Gasteiger partial charge in [0.25, 0.3) is 5.78 Å². The average Bonchev–Trinajstić information content (AvgIpc) is 1.99. The summed E-state index contributed by atoms with van der Waals surface area (Å²) in [6, 6.07) is 0. The summed E-state index contributed by atoms with van der Waals surface area (Å²) >= 11 is 0. The smallest absolute Gasteiger partial charge is 0.375 e. The Bertz CT molecular complexity index is 187. The van der Waals surface area contributed by atoms with Gasteiger partial charge >= 0.3 is 11.9 Å². The first kappa shape index (κ1) is 9.57. The zero-order valence-electron chi connectivity index (χ0n) is 5.57. The second-order valence-corrected chi connectivity index (χ2v) is 1.59. The van der Waals surface area contributed by atoms with Crippen molar-refractivity contribution in [1.29, 1.82) is 0 Å². The summed E-state index contributed by atoms with van der Waals surface area (Å²) < 4.78 is 4.12. The molecule has 6 nitrogen and oxygen atoms in total. The van der Waals surface area contributed by atoms with E-state index in [0.29, 0.717) is 0 Å². The number of carbonyl (C=O) groups excluding carboxylic acids is 2. The van der Waals surface area contributed by atoms with Gasteiger partial charge in [0.2, 0.25) is 0 Å². The van der Waals surface area contributed by atoms with Crippen LogP contribution in [-0.4, -0.2) is 36.0 Å². The first-order valence-electron chi connectivity index (χ1n) is 2.69. The van der Waals surface area contributed by atoms with Crippen LogP contribution in [0.3, 0.4) is 0 Å². The Labute approximate surface area is 61.9 Å². The zero-order valence-corrected chi connectivity index (χ0v) is 5.57. The minimum Gasteiger partial charge on any atom is -0.475 e. The van der Waals surface area contributed by atoms with Crippen molar-refractivity contribution < 1.29 is 24.2 Å². The molecule has 0 unspecified atom stereocenters. The first-order valence-corrected chi connectivity index (χ1v) is 2.69. The fourth-order valence-electron chi connectivity index (χ4n) is 0.267. The molecule has 6 heteroatoms. The van der Waals surface area contributed by atoms with Gasteiger partial charge in [-0.25, -0.2) is 4.79 Å². The highest BCUT2D eigenvalue weighted by Crippen LogP contribution is 1.78. The minimum absolute atomic E-state index is 0.368. The number of hydrogen-bond donors (Lipinski definition) is 2. The molecule has 0 radical (unpaired) electrons. The van der Waals surface area contributed by atoms with Gasteiger partial charge in [0.15, 0.2) is 6.61 Å². The largest absolute Gasteiger partial charge is 0.475 e. The number of carboxylic acid groups (broad SMARTS) is 1. The third-order valence-electron chi connectivity index (χ3n) is 0.769. The normalized spacial score (nSPS) is 8.82. The summed E-state index contributed by atoms with van der Waals surface area (Å²) in [6.45, 7) is -1.13. The molecular formula is C5H7NO5. The highest BCUT2D eigenvalue weighted by atomic mass is 16.5. The van der Waals surface area contributed by atoms with E-state index in [-0.39, 0.29) is 6.54 Å². The number of esters is 1. The molecule has 0 aromatic heterocycles. The van der Waals surface area contributed by atoms with Crippen molar-refractivity contribution in [3.63, 3.8) is 0 Å². The van der Waals surface area contributed by atoms with Crippen molar-refractivity contribution in [2.24, 2.45) is 5.73 Å². The van der Waals surface area contributed by atoms with Gasteiger partial charge in [0.1, 0.15) is 0 Å². The van der Waals surface area contributed by atoms with Crippen molar-refractivity contribution in [3.8, 4) is 0 Å². The molecule has 0 heterocycles. The van der Waals surface area contributed by atoms with E-state index in [4.69, 9.17) is 10.8 Å². The number of nitrogens with two attached hydrogens (primary N) is 1.